The second kappa shape index (κ2) is 11.9. The molecule has 34 heavy (non-hydrogen) atoms. The lowest BCUT2D eigenvalue weighted by Gasteiger charge is -2.31. The SMILES string of the molecule is [B]c1ccc(S(=O)(=O)N(CC(C)C)C[C@@H](O)[C@H](Cc2ccccc2)NC(=O)OC(C)(C)C)cc1. The lowest BCUT2D eigenvalue weighted by atomic mass is 9.97. The zero-order valence-corrected chi connectivity index (χ0v) is 21.4. The standard InChI is InChI=1S/C25H35BN2O5S/c1-18(2)16-28(34(31,32)21-13-11-20(26)12-14-21)17-23(29)22(15-19-9-7-6-8-10-19)27-24(30)33-25(3,4)5/h6-14,18,22-23,29H,15-17H2,1-5H3,(H,27,30)/t22-,23+/m0/s1. The molecule has 0 bridgehead atoms. The van der Waals surface area contributed by atoms with Crippen molar-refractivity contribution < 1.29 is 23.1 Å². The van der Waals surface area contributed by atoms with Crippen LogP contribution in [0, 0.1) is 5.92 Å². The number of hydrogen-bond donors (Lipinski definition) is 2. The molecule has 0 heterocycles. The third-order valence-corrected chi connectivity index (χ3v) is 6.79. The number of aliphatic hydroxyl groups excluding tert-OH is 1. The van der Waals surface area contributed by atoms with E-state index in [0.717, 1.165) is 5.56 Å². The third kappa shape index (κ3) is 8.78. The van der Waals surface area contributed by atoms with Crippen LogP contribution < -0.4 is 10.8 Å². The number of aliphatic hydroxyl groups is 1. The lowest BCUT2D eigenvalue weighted by molar-refractivity contribution is 0.0400. The van der Waals surface area contributed by atoms with E-state index in [2.05, 4.69) is 5.32 Å². The molecule has 0 fully saturated rings. The Bertz CT molecular complexity index is 1020. The van der Waals surface area contributed by atoms with Gasteiger partial charge in [0.15, 0.2) is 0 Å². The molecule has 2 aromatic rings. The maximum Gasteiger partial charge on any atom is 0.407 e. The van der Waals surface area contributed by atoms with Crippen LogP contribution in [0.2, 0.25) is 0 Å². The Labute approximate surface area is 205 Å². The first kappa shape index (κ1) is 27.9. The van der Waals surface area contributed by atoms with E-state index >= 15 is 0 Å². The van der Waals surface area contributed by atoms with Gasteiger partial charge in [0, 0.05) is 13.1 Å². The van der Waals surface area contributed by atoms with Gasteiger partial charge in [-0.3, -0.25) is 0 Å². The van der Waals surface area contributed by atoms with E-state index in [-0.39, 0.29) is 23.9 Å². The van der Waals surface area contributed by atoms with E-state index in [0.29, 0.717) is 11.9 Å². The zero-order valence-electron chi connectivity index (χ0n) is 20.6. The number of amides is 1. The number of alkyl carbamates (subject to hydrolysis) is 1. The van der Waals surface area contributed by atoms with Gasteiger partial charge in [0.05, 0.1) is 17.0 Å². The summed E-state index contributed by atoms with van der Waals surface area (Å²) in [7, 11) is 1.81. The minimum atomic E-state index is -3.90. The number of ether oxygens (including phenoxy) is 1. The highest BCUT2D eigenvalue weighted by atomic mass is 32.2. The van der Waals surface area contributed by atoms with Crippen molar-refractivity contribution in [2.45, 2.75) is 63.7 Å². The zero-order chi connectivity index (χ0) is 25.5. The molecule has 0 aliphatic rings. The van der Waals surface area contributed by atoms with Gasteiger partial charge in [0.2, 0.25) is 10.0 Å². The molecule has 0 saturated carbocycles. The largest absolute Gasteiger partial charge is 0.444 e. The molecule has 9 heteroatoms. The van der Waals surface area contributed by atoms with Gasteiger partial charge in [0.1, 0.15) is 13.4 Å². The molecule has 0 unspecified atom stereocenters. The molecule has 184 valence electrons. The second-order valence-electron chi connectivity index (χ2n) is 9.79. The van der Waals surface area contributed by atoms with Crippen molar-refractivity contribution in [1.82, 2.24) is 9.62 Å². The fourth-order valence-electron chi connectivity index (χ4n) is 3.41. The van der Waals surface area contributed by atoms with Crippen molar-refractivity contribution in [3.05, 3.63) is 60.2 Å². The molecule has 7 nitrogen and oxygen atoms in total. The number of benzene rings is 2. The molecule has 2 aromatic carbocycles. The Morgan fingerprint density at radius 1 is 1.06 bits per heavy atom. The summed E-state index contributed by atoms with van der Waals surface area (Å²) in [6.07, 6.45) is -1.56. The summed E-state index contributed by atoms with van der Waals surface area (Å²) >= 11 is 0. The van der Waals surface area contributed by atoms with Gasteiger partial charge in [-0.05, 0) is 50.8 Å². The Morgan fingerprint density at radius 3 is 2.18 bits per heavy atom. The first-order valence-electron chi connectivity index (χ1n) is 11.3. The molecule has 0 aromatic heterocycles. The summed E-state index contributed by atoms with van der Waals surface area (Å²) in [5.74, 6) is 0.0159. The number of carbonyl (C=O) groups is 1. The van der Waals surface area contributed by atoms with Crippen LogP contribution in [-0.2, 0) is 21.2 Å². The monoisotopic (exact) mass is 486 g/mol. The van der Waals surface area contributed by atoms with Crippen LogP contribution in [0.25, 0.3) is 0 Å². The van der Waals surface area contributed by atoms with E-state index in [1.165, 1.54) is 28.6 Å². The number of sulfonamides is 1. The van der Waals surface area contributed by atoms with Gasteiger partial charge in [-0.15, -0.1) is 0 Å². The molecule has 0 aliphatic heterocycles. The van der Waals surface area contributed by atoms with Crippen molar-refractivity contribution in [3.63, 3.8) is 0 Å². The summed E-state index contributed by atoms with van der Waals surface area (Å²) < 4.78 is 33.4. The highest BCUT2D eigenvalue weighted by Gasteiger charge is 2.32. The van der Waals surface area contributed by atoms with Crippen LogP contribution in [0.4, 0.5) is 4.79 Å². The molecule has 2 N–H and O–H groups in total. The second-order valence-corrected chi connectivity index (χ2v) is 11.7. The summed E-state index contributed by atoms with van der Waals surface area (Å²) in [5, 5.41) is 13.9. The summed E-state index contributed by atoms with van der Waals surface area (Å²) in [6, 6.07) is 14.5. The maximum absolute atomic E-state index is 13.4. The van der Waals surface area contributed by atoms with Crippen LogP contribution in [0.15, 0.2) is 59.5 Å². The van der Waals surface area contributed by atoms with Gasteiger partial charge in [-0.25, -0.2) is 13.2 Å². The Hall–Kier alpha value is -2.36. The number of carbonyl (C=O) groups excluding carboxylic acids is 1. The highest BCUT2D eigenvalue weighted by molar-refractivity contribution is 7.89. The summed E-state index contributed by atoms with van der Waals surface area (Å²) in [4.78, 5) is 12.6. The first-order chi connectivity index (χ1) is 15.8. The van der Waals surface area contributed by atoms with E-state index < -0.39 is 33.9 Å². The molecule has 1 amide bonds. The number of nitrogens with zero attached hydrogens (tertiary/aromatic N) is 1. The van der Waals surface area contributed by atoms with Crippen LogP contribution in [0.3, 0.4) is 0 Å². The Balaban J connectivity index is 2.30. The minimum absolute atomic E-state index is 0.0159. The van der Waals surface area contributed by atoms with Crippen molar-refractivity contribution in [1.29, 1.82) is 0 Å². The van der Waals surface area contributed by atoms with Gasteiger partial charge >= 0.3 is 6.09 Å². The van der Waals surface area contributed by atoms with Gasteiger partial charge < -0.3 is 15.2 Å². The van der Waals surface area contributed by atoms with Crippen LogP contribution in [0.5, 0.6) is 0 Å². The minimum Gasteiger partial charge on any atom is -0.444 e. The highest BCUT2D eigenvalue weighted by Crippen LogP contribution is 2.19. The molecule has 0 saturated heterocycles. The average molecular weight is 486 g/mol. The number of rotatable bonds is 10. The predicted molar refractivity (Wildman–Crippen MR) is 135 cm³/mol. The first-order valence-corrected chi connectivity index (χ1v) is 12.8. The third-order valence-electron chi connectivity index (χ3n) is 4.94. The van der Waals surface area contributed by atoms with Crippen molar-refractivity contribution in [2.24, 2.45) is 5.92 Å². The molecule has 2 atom stereocenters. The van der Waals surface area contributed by atoms with E-state index in [9.17, 15) is 18.3 Å². The molecular formula is C25H35BN2O5S. The van der Waals surface area contributed by atoms with Crippen molar-refractivity contribution in [2.75, 3.05) is 13.1 Å². The average Bonchev–Trinajstić information content (AvgIpc) is 2.72. The molecule has 0 aliphatic carbocycles. The predicted octanol–water partition coefficient (Wildman–Crippen LogP) is 2.62. The lowest BCUT2D eigenvalue weighted by Crippen LogP contribution is -2.52. The number of nitrogens with one attached hydrogen (secondary N) is 1. The van der Waals surface area contributed by atoms with Gasteiger partial charge in [0.25, 0.3) is 0 Å². The number of hydrogen-bond acceptors (Lipinski definition) is 5. The normalized spacial score (nSPS) is 14.1. The fraction of sp³-hybridized carbons (Fsp3) is 0.480. The van der Waals surface area contributed by atoms with Crippen molar-refractivity contribution >= 4 is 29.4 Å². The quantitative estimate of drug-likeness (QED) is 0.504. The van der Waals surface area contributed by atoms with Crippen molar-refractivity contribution in [3.8, 4) is 0 Å². The maximum atomic E-state index is 13.4. The fourth-order valence-corrected chi connectivity index (χ4v) is 5.03. The van der Waals surface area contributed by atoms with Gasteiger partial charge in [-0.2, -0.15) is 4.31 Å². The molecule has 2 radical (unpaired) electrons. The van der Waals surface area contributed by atoms with E-state index in [4.69, 9.17) is 12.6 Å². The van der Waals surface area contributed by atoms with Gasteiger partial charge in [-0.1, -0.05) is 61.8 Å². The summed E-state index contributed by atoms with van der Waals surface area (Å²) in [5.41, 5.74) is 0.632. The Kier molecular flexibility index (Phi) is 9.73. The smallest absolute Gasteiger partial charge is 0.407 e. The van der Waals surface area contributed by atoms with E-state index in [1.807, 2.05) is 44.2 Å². The molecule has 0 spiro atoms. The van der Waals surface area contributed by atoms with E-state index in [1.54, 1.807) is 20.8 Å². The molecular weight excluding hydrogens is 451 g/mol. The summed E-state index contributed by atoms with van der Waals surface area (Å²) in [6.45, 7) is 9.05. The Morgan fingerprint density at radius 2 is 1.65 bits per heavy atom. The van der Waals surface area contributed by atoms with Crippen LogP contribution in [-0.4, -0.2) is 62.6 Å². The topological polar surface area (TPSA) is 95.9 Å². The van der Waals surface area contributed by atoms with Crippen LogP contribution >= 0.6 is 0 Å². The molecule has 2 rings (SSSR count). The van der Waals surface area contributed by atoms with Crippen LogP contribution in [0.1, 0.15) is 40.2 Å².